The number of aromatic amines is 1. The van der Waals surface area contributed by atoms with Crippen LogP contribution in [0.1, 0.15) is 22.3 Å². The summed E-state index contributed by atoms with van der Waals surface area (Å²) in [5.74, 6) is 0.154. The highest BCUT2D eigenvalue weighted by Gasteiger charge is 2.40. The monoisotopic (exact) mass is 402 g/mol. The summed E-state index contributed by atoms with van der Waals surface area (Å²) in [6, 6.07) is 14.3. The van der Waals surface area contributed by atoms with Crippen molar-refractivity contribution < 1.29 is 4.79 Å². The normalized spacial score (nSPS) is 22.9. The molecule has 2 N–H and O–H groups in total. The van der Waals surface area contributed by atoms with Crippen LogP contribution in [0.5, 0.6) is 0 Å². The smallest absolute Gasteiger partial charge is 0.254 e. The predicted molar refractivity (Wildman–Crippen MR) is 115 cm³/mol. The molecule has 1 unspecified atom stereocenters. The largest absolute Gasteiger partial charge is 0.333 e. The molecule has 2 aliphatic heterocycles. The molecular formula is C23H26N6O. The molecule has 30 heavy (non-hydrogen) atoms. The van der Waals surface area contributed by atoms with E-state index in [9.17, 15) is 4.79 Å². The maximum absolute atomic E-state index is 13.1. The van der Waals surface area contributed by atoms with Gasteiger partial charge in [-0.2, -0.15) is 5.10 Å². The number of hydrogen-bond acceptors (Lipinski definition) is 5. The standard InChI is InChI=1S/C23H26N6O/c30-23(17-5-2-1-3-6-17)29-16-21(28-10-8-20(29)15-28)14-25-12-19-13-26-27-22(19)18-7-4-9-24-11-18/h1-7,9,11,13,20-21,25H,8,10,12,14-16H2,(H,26,27)/t20-,21-/m0/s1. The number of nitrogens with one attached hydrogen (secondary N) is 2. The molecule has 2 fully saturated rings. The van der Waals surface area contributed by atoms with Crippen LogP contribution >= 0.6 is 0 Å². The number of benzene rings is 1. The van der Waals surface area contributed by atoms with E-state index in [4.69, 9.17) is 0 Å². The summed E-state index contributed by atoms with van der Waals surface area (Å²) in [4.78, 5) is 21.9. The number of nitrogens with zero attached hydrogens (tertiary/aromatic N) is 4. The molecule has 0 aliphatic carbocycles. The van der Waals surface area contributed by atoms with Crippen LogP contribution in [0.25, 0.3) is 11.3 Å². The summed E-state index contributed by atoms with van der Waals surface area (Å²) in [7, 11) is 0. The second-order valence-electron chi connectivity index (χ2n) is 8.06. The van der Waals surface area contributed by atoms with Crippen LogP contribution in [0.3, 0.4) is 0 Å². The van der Waals surface area contributed by atoms with E-state index in [-0.39, 0.29) is 5.91 Å². The number of hydrogen-bond donors (Lipinski definition) is 2. The Kier molecular flexibility index (Phi) is 5.29. The Labute approximate surface area is 176 Å². The molecule has 1 aromatic carbocycles. The van der Waals surface area contributed by atoms with Crippen molar-refractivity contribution in [2.45, 2.75) is 25.0 Å². The molecule has 2 bridgehead atoms. The molecule has 2 aliphatic rings. The van der Waals surface area contributed by atoms with Gasteiger partial charge in [0.2, 0.25) is 0 Å². The molecule has 5 rings (SSSR count). The fraction of sp³-hybridized carbons (Fsp3) is 0.348. The molecule has 0 spiro atoms. The first-order valence-corrected chi connectivity index (χ1v) is 10.5. The van der Waals surface area contributed by atoms with Crippen molar-refractivity contribution in [2.75, 3.05) is 26.2 Å². The molecule has 154 valence electrons. The minimum atomic E-state index is 0.154. The van der Waals surface area contributed by atoms with Gasteiger partial charge in [-0.15, -0.1) is 0 Å². The number of pyridine rings is 1. The van der Waals surface area contributed by atoms with Crippen molar-refractivity contribution in [2.24, 2.45) is 0 Å². The Bertz CT molecular complexity index is 989. The number of carbonyl (C=O) groups excluding carboxylic acids is 1. The number of piperazine rings is 1. The van der Waals surface area contributed by atoms with E-state index in [1.807, 2.05) is 54.9 Å². The van der Waals surface area contributed by atoms with Crippen LogP contribution in [-0.4, -0.2) is 69.2 Å². The summed E-state index contributed by atoms with van der Waals surface area (Å²) < 4.78 is 0. The average molecular weight is 403 g/mol. The second kappa shape index (κ2) is 8.38. The Balaban J connectivity index is 1.23. The fourth-order valence-electron chi connectivity index (χ4n) is 4.61. The van der Waals surface area contributed by atoms with Gasteiger partial charge in [-0.3, -0.25) is 19.8 Å². The van der Waals surface area contributed by atoms with Gasteiger partial charge >= 0.3 is 0 Å². The highest BCUT2D eigenvalue weighted by molar-refractivity contribution is 5.94. The van der Waals surface area contributed by atoms with Gasteiger partial charge in [-0.1, -0.05) is 18.2 Å². The van der Waals surface area contributed by atoms with Crippen molar-refractivity contribution >= 4 is 5.91 Å². The molecule has 0 saturated carbocycles. The highest BCUT2D eigenvalue weighted by atomic mass is 16.2. The van der Waals surface area contributed by atoms with E-state index in [0.29, 0.717) is 12.1 Å². The summed E-state index contributed by atoms with van der Waals surface area (Å²) >= 11 is 0. The molecule has 4 heterocycles. The average Bonchev–Trinajstić information content (AvgIpc) is 3.44. The molecule has 3 aromatic rings. The number of H-pyrrole nitrogens is 1. The van der Waals surface area contributed by atoms with Gasteiger partial charge in [0.05, 0.1) is 11.9 Å². The molecular weight excluding hydrogens is 376 g/mol. The Morgan fingerprint density at radius 2 is 2.03 bits per heavy atom. The Morgan fingerprint density at radius 3 is 2.87 bits per heavy atom. The van der Waals surface area contributed by atoms with Gasteiger partial charge in [-0.05, 0) is 30.7 Å². The maximum atomic E-state index is 13.1. The third-order valence-corrected chi connectivity index (χ3v) is 6.20. The second-order valence-corrected chi connectivity index (χ2v) is 8.06. The lowest BCUT2D eigenvalue weighted by Gasteiger charge is -2.40. The van der Waals surface area contributed by atoms with E-state index >= 15 is 0 Å². The van der Waals surface area contributed by atoms with Crippen LogP contribution < -0.4 is 5.32 Å². The van der Waals surface area contributed by atoms with Gasteiger partial charge in [0, 0.05) is 73.9 Å². The van der Waals surface area contributed by atoms with E-state index in [1.165, 1.54) is 0 Å². The summed E-state index contributed by atoms with van der Waals surface area (Å²) in [5.41, 5.74) is 3.94. The van der Waals surface area contributed by atoms with E-state index in [2.05, 4.69) is 30.3 Å². The lowest BCUT2D eigenvalue weighted by atomic mass is 10.1. The summed E-state index contributed by atoms with van der Waals surface area (Å²) in [6.45, 7) is 4.36. The molecule has 2 aromatic heterocycles. The maximum Gasteiger partial charge on any atom is 0.254 e. The van der Waals surface area contributed by atoms with Gasteiger partial charge < -0.3 is 10.2 Å². The van der Waals surface area contributed by atoms with Gasteiger partial charge in [-0.25, -0.2) is 0 Å². The minimum absolute atomic E-state index is 0.154. The van der Waals surface area contributed by atoms with Gasteiger partial charge in [0.1, 0.15) is 0 Å². The van der Waals surface area contributed by atoms with Crippen molar-refractivity contribution in [3.05, 3.63) is 72.2 Å². The van der Waals surface area contributed by atoms with Gasteiger partial charge in [0.25, 0.3) is 5.91 Å². The molecule has 7 heteroatoms. The van der Waals surface area contributed by atoms with Crippen molar-refractivity contribution in [3.63, 3.8) is 0 Å². The third kappa shape index (κ3) is 3.74. The summed E-state index contributed by atoms with van der Waals surface area (Å²) in [5, 5.41) is 10.9. The van der Waals surface area contributed by atoms with Gasteiger partial charge in [0.15, 0.2) is 0 Å². The minimum Gasteiger partial charge on any atom is -0.333 e. The van der Waals surface area contributed by atoms with E-state index < -0.39 is 0 Å². The molecule has 2 saturated heterocycles. The first kappa shape index (κ1) is 19.0. The quantitative estimate of drug-likeness (QED) is 0.661. The Morgan fingerprint density at radius 1 is 1.13 bits per heavy atom. The molecule has 3 atom stereocenters. The molecule has 7 nitrogen and oxygen atoms in total. The van der Waals surface area contributed by atoms with Crippen LogP contribution in [0.4, 0.5) is 0 Å². The van der Waals surface area contributed by atoms with Crippen LogP contribution in [-0.2, 0) is 6.54 Å². The fourth-order valence-corrected chi connectivity index (χ4v) is 4.61. The number of aromatic nitrogens is 3. The lowest BCUT2D eigenvalue weighted by molar-refractivity contribution is 0.0495. The first-order valence-electron chi connectivity index (χ1n) is 10.5. The lowest BCUT2D eigenvalue weighted by Crippen LogP contribution is -2.57. The van der Waals surface area contributed by atoms with Crippen LogP contribution in [0, 0.1) is 0 Å². The highest BCUT2D eigenvalue weighted by Crippen LogP contribution is 2.26. The van der Waals surface area contributed by atoms with Crippen molar-refractivity contribution in [1.82, 2.24) is 30.3 Å². The molecule has 1 amide bonds. The Hall–Kier alpha value is -3.03. The van der Waals surface area contributed by atoms with Crippen LogP contribution in [0.15, 0.2) is 61.1 Å². The topological polar surface area (TPSA) is 77.1 Å². The van der Waals surface area contributed by atoms with Crippen molar-refractivity contribution in [1.29, 1.82) is 0 Å². The zero-order valence-electron chi connectivity index (χ0n) is 16.9. The van der Waals surface area contributed by atoms with E-state index in [0.717, 1.165) is 61.5 Å². The van der Waals surface area contributed by atoms with E-state index in [1.54, 1.807) is 6.20 Å². The number of carbonyl (C=O) groups is 1. The number of fused-ring (bicyclic) bond motifs is 2. The summed E-state index contributed by atoms with van der Waals surface area (Å²) in [6.07, 6.45) is 6.54. The zero-order valence-corrected chi connectivity index (χ0v) is 16.9. The number of rotatable bonds is 6. The van der Waals surface area contributed by atoms with Crippen LogP contribution in [0.2, 0.25) is 0 Å². The zero-order chi connectivity index (χ0) is 20.3. The number of amides is 1. The predicted octanol–water partition coefficient (Wildman–Crippen LogP) is 2.16. The van der Waals surface area contributed by atoms with Crippen molar-refractivity contribution in [3.8, 4) is 11.3 Å². The first-order chi connectivity index (χ1) is 14.8. The molecule has 0 radical (unpaired) electrons. The SMILES string of the molecule is O=C(c1ccccc1)N1C[C@H](CNCc2cn[nH]c2-c2cccnc2)N2CC[C@H]1C2. The third-order valence-electron chi connectivity index (χ3n) is 6.20.